The third-order valence-electron chi connectivity index (χ3n) is 5.40. The lowest BCUT2D eigenvalue weighted by atomic mass is 9.98. The van der Waals surface area contributed by atoms with Crippen molar-refractivity contribution in [3.63, 3.8) is 0 Å². The van der Waals surface area contributed by atoms with Crippen LogP contribution in [0.5, 0.6) is 5.75 Å². The molecule has 33 heavy (non-hydrogen) atoms. The highest BCUT2D eigenvalue weighted by molar-refractivity contribution is 5.97. The summed E-state index contributed by atoms with van der Waals surface area (Å²) in [6.07, 6.45) is -5.64. The molecule has 2 heterocycles. The molecule has 3 N–H and O–H groups in total. The number of alkyl halides is 3. The largest absolute Gasteiger partial charge is 0.493 e. The van der Waals surface area contributed by atoms with E-state index in [1.807, 2.05) is 0 Å². The molecule has 0 radical (unpaired) electrons. The summed E-state index contributed by atoms with van der Waals surface area (Å²) >= 11 is 0. The minimum absolute atomic E-state index is 0.00617. The van der Waals surface area contributed by atoms with Crippen LogP contribution < -0.4 is 15.8 Å². The number of benzene rings is 1. The maximum absolute atomic E-state index is 14.3. The Hall–Kier alpha value is -3.32. The molecule has 2 amide bonds. The van der Waals surface area contributed by atoms with Crippen LogP contribution in [0.25, 0.3) is 0 Å². The van der Waals surface area contributed by atoms with Crippen molar-refractivity contribution in [1.82, 2.24) is 9.88 Å². The monoisotopic (exact) mass is 474 g/mol. The Morgan fingerprint density at radius 1 is 1.27 bits per heavy atom. The number of rotatable bonds is 5. The fraction of sp³-hybridized carbons (Fsp3) is 0.350. The summed E-state index contributed by atoms with van der Waals surface area (Å²) < 4.78 is 79.8. The summed E-state index contributed by atoms with van der Waals surface area (Å²) in [5.74, 6) is -5.32. The number of nitrogens with one attached hydrogen (secondary N) is 1. The fourth-order valence-electron chi connectivity index (χ4n) is 3.54. The van der Waals surface area contributed by atoms with Gasteiger partial charge in [-0.05, 0) is 32.2 Å². The normalized spacial score (nSPS) is 23.4. The van der Waals surface area contributed by atoms with Crippen molar-refractivity contribution in [1.29, 1.82) is 0 Å². The van der Waals surface area contributed by atoms with Gasteiger partial charge in [-0.25, -0.2) is 4.39 Å². The number of carbonyl (C=O) groups excluding carboxylic acids is 2. The molecule has 1 aromatic heterocycles. The van der Waals surface area contributed by atoms with Gasteiger partial charge in [-0.3, -0.25) is 19.5 Å². The molecular weight excluding hydrogens is 455 g/mol. The summed E-state index contributed by atoms with van der Waals surface area (Å²) in [4.78, 5) is 28.7. The van der Waals surface area contributed by atoms with E-state index in [9.17, 15) is 31.5 Å². The summed E-state index contributed by atoms with van der Waals surface area (Å²) in [5, 5.41) is 2.34. The number of pyridine rings is 1. The van der Waals surface area contributed by atoms with Gasteiger partial charge in [0.05, 0.1) is 13.2 Å². The number of ether oxygens (including phenoxy) is 2. The molecule has 2 aromatic rings. The quantitative estimate of drug-likeness (QED) is 0.646. The first-order valence-electron chi connectivity index (χ1n) is 9.38. The number of primary amides is 1. The zero-order chi connectivity index (χ0) is 24.7. The summed E-state index contributed by atoms with van der Waals surface area (Å²) in [6, 6.07) is 2.59. The standard InChI is InChI=1S/C20H19F5N4O4/c1-19(20(23,24)25)29(2)14(10-4-5-11(21)13(22)15(10)32-3)16(33-19)18(31)28-9-6-7-27-12(8-9)17(26)30/h4-8,14,16H,1-3H3,(H2,26,30)(H,27,28,31)/t14-,16+,19?/m0/s1. The van der Waals surface area contributed by atoms with Crippen molar-refractivity contribution in [2.45, 2.75) is 31.0 Å². The third-order valence-corrected chi connectivity index (χ3v) is 5.40. The Labute approximate surface area is 184 Å². The number of nitrogens with two attached hydrogens (primary N) is 1. The molecule has 1 aliphatic heterocycles. The molecule has 13 heteroatoms. The van der Waals surface area contributed by atoms with E-state index in [1.54, 1.807) is 0 Å². The number of likely N-dealkylation sites (N-methyl/N-ethyl adjacent to an activating group) is 1. The van der Waals surface area contributed by atoms with E-state index < -0.39 is 53.2 Å². The smallest absolute Gasteiger partial charge is 0.431 e. The number of halogens is 5. The van der Waals surface area contributed by atoms with Gasteiger partial charge >= 0.3 is 6.18 Å². The first-order chi connectivity index (χ1) is 15.3. The van der Waals surface area contributed by atoms with E-state index in [2.05, 4.69) is 10.3 Å². The van der Waals surface area contributed by atoms with Crippen LogP contribution in [0.4, 0.5) is 27.6 Å². The predicted octanol–water partition coefficient (Wildman–Crippen LogP) is 2.76. The van der Waals surface area contributed by atoms with E-state index >= 15 is 0 Å². The zero-order valence-corrected chi connectivity index (χ0v) is 17.5. The molecule has 1 unspecified atom stereocenters. The van der Waals surface area contributed by atoms with Crippen LogP contribution >= 0.6 is 0 Å². The minimum atomic E-state index is -4.96. The molecule has 0 spiro atoms. The molecule has 0 aliphatic carbocycles. The second-order valence-electron chi connectivity index (χ2n) is 7.34. The topological polar surface area (TPSA) is 107 Å². The zero-order valence-electron chi connectivity index (χ0n) is 17.5. The maximum atomic E-state index is 14.3. The molecule has 1 aromatic carbocycles. The van der Waals surface area contributed by atoms with Gasteiger partial charge in [-0.15, -0.1) is 0 Å². The molecule has 3 atom stereocenters. The second kappa shape index (κ2) is 8.56. The highest BCUT2D eigenvalue weighted by atomic mass is 19.4. The van der Waals surface area contributed by atoms with Crippen LogP contribution in [0, 0.1) is 11.6 Å². The number of hydrogen-bond donors (Lipinski definition) is 2. The highest BCUT2D eigenvalue weighted by Gasteiger charge is 2.65. The summed E-state index contributed by atoms with van der Waals surface area (Å²) in [6.45, 7) is 0.706. The van der Waals surface area contributed by atoms with E-state index in [0.29, 0.717) is 17.9 Å². The third kappa shape index (κ3) is 4.20. The lowest BCUT2D eigenvalue weighted by Crippen LogP contribution is -2.52. The highest BCUT2D eigenvalue weighted by Crippen LogP contribution is 2.50. The van der Waals surface area contributed by atoms with Crippen LogP contribution in [-0.4, -0.2) is 53.9 Å². The van der Waals surface area contributed by atoms with Crippen molar-refractivity contribution in [2.24, 2.45) is 5.73 Å². The van der Waals surface area contributed by atoms with E-state index in [4.69, 9.17) is 15.2 Å². The average molecular weight is 474 g/mol. The number of anilines is 1. The van der Waals surface area contributed by atoms with Crippen molar-refractivity contribution < 1.29 is 41.0 Å². The number of nitrogens with zero attached hydrogens (tertiary/aromatic N) is 2. The van der Waals surface area contributed by atoms with E-state index in [-0.39, 0.29) is 16.9 Å². The molecule has 0 bridgehead atoms. The second-order valence-corrected chi connectivity index (χ2v) is 7.34. The molecule has 1 fully saturated rings. The maximum Gasteiger partial charge on any atom is 0.431 e. The molecule has 0 saturated carbocycles. The number of hydrogen-bond acceptors (Lipinski definition) is 6. The van der Waals surface area contributed by atoms with Crippen LogP contribution in [-0.2, 0) is 9.53 Å². The van der Waals surface area contributed by atoms with Gasteiger partial charge in [-0.2, -0.15) is 17.6 Å². The Bertz CT molecular complexity index is 1100. The first kappa shape index (κ1) is 24.3. The SMILES string of the molecule is COc1c([C@H]2[C@H](C(=O)Nc3ccnc(C(N)=O)c3)OC(C)(C(F)(F)F)N2C)ccc(F)c1F. The van der Waals surface area contributed by atoms with Crippen LogP contribution in [0.2, 0.25) is 0 Å². The van der Waals surface area contributed by atoms with Gasteiger partial charge in [-0.1, -0.05) is 6.07 Å². The molecule has 3 rings (SSSR count). The van der Waals surface area contributed by atoms with Gasteiger partial charge in [0.15, 0.2) is 17.7 Å². The summed E-state index contributed by atoms with van der Waals surface area (Å²) in [5.41, 5.74) is 1.76. The average Bonchev–Trinajstić information content (AvgIpc) is 3.02. The molecule has 1 saturated heterocycles. The minimum Gasteiger partial charge on any atom is -0.493 e. The Kier molecular flexibility index (Phi) is 6.31. The molecule has 8 nitrogen and oxygen atoms in total. The number of methoxy groups -OCH3 is 1. The van der Waals surface area contributed by atoms with Crippen LogP contribution in [0.3, 0.4) is 0 Å². The van der Waals surface area contributed by atoms with Gasteiger partial charge in [0, 0.05) is 17.4 Å². The van der Waals surface area contributed by atoms with E-state index in [0.717, 1.165) is 32.5 Å². The van der Waals surface area contributed by atoms with Crippen molar-refractivity contribution >= 4 is 17.5 Å². The fourth-order valence-corrected chi connectivity index (χ4v) is 3.54. The van der Waals surface area contributed by atoms with Crippen LogP contribution in [0.15, 0.2) is 30.5 Å². The Morgan fingerprint density at radius 3 is 2.52 bits per heavy atom. The number of aromatic nitrogens is 1. The lowest BCUT2D eigenvalue weighted by Gasteiger charge is -2.34. The van der Waals surface area contributed by atoms with Gasteiger partial charge in [0.1, 0.15) is 5.69 Å². The lowest BCUT2D eigenvalue weighted by molar-refractivity contribution is -0.298. The summed E-state index contributed by atoms with van der Waals surface area (Å²) in [7, 11) is 2.04. The van der Waals surface area contributed by atoms with Gasteiger partial charge in [0.25, 0.3) is 11.8 Å². The Morgan fingerprint density at radius 2 is 1.94 bits per heavy atom. The molecule has 1 aliphatic rings. The molecular formula is C20H19F5N4O4. The van der Waals surface area contributed by atoms with Crippen molar-refractivity contribution in [3.05, 3.63) is 53.4 Å². The van der Waals surface area contributed by atoms with Gasteiger partial charge < -0.3 is 20.5 Å². The molecule has 178 valence electrons. The number of amides is 2. The van der Waals surface area contributed by atoms with Crippen molar-refractivity contribution in [3.8, 4) is 5.75 Å². The number of carbonyl (C=O) groups is 2. The van der Waals surface area contributed by atoms with Crippen LogP contribution in [0.1, 0.15) is 29.0 Å². The van der Waals surface area contributed by atoms with Crippen molar-refractivity contribution in [2.75, 3.05) is 19.5 Å². The first-order valence-corrected chi connectivity index (χ1v) is 9.38. The Balaban J connectivity index is 2.07. The van der Waals surface area contributed by atoms with E-state index in [1.165, 1.54) is 6.07 Å². The van der Waals surface area contributed by atoms with Gasteiger partial charge in [0.2, 0.25) is 11.5 Å². The predicted molar refractivity (Wildman–Crippen MR) is 104 cm³/mol.